The molecule has 78 valence electrons. The lowest BCUT2D eigenvalue weighted by Crippen LogP contribution is -2.03. The Labute approximate surface area is 86.3 Å². The van der Waals surface area contributed by atoms with E-state index in [1.165, 1.54) is 13.4 Å². The van der Waals surface area contributed by atoms with Crippen molar-refractivity contribution < 1.29 is 9.13 Å². The van der Waals surface area contributed by atoms with Crippen LogP contribution in [0, 0.1) is 5.82 Å². The molecule has 0 amide bonds. The lowest BCUT2D eigenvalue weighted by Gasteiger charge is -2.06. The summed E-state index contributed by atoms with van der Waals surface area (Å²) in [6.07, 6.45) is 2.96. The monoisotopic (exact) mass is 207 g/mol. The Morgan fingerprint density at radius 1 is 1.47 bits per heavy atom. The van der Waals surface area contributed by atoms with E-state index in [-0.39, 0.29) is 11.6 Å². The van der Waals surface area contributed by atoms with Gasteiger partial charge in [0.2, 0.25) is 0 Å². The second-order valence-corrected chi connectivity index (χ2v) is 3.03. The molecule has 0 saturated heterocycles. The Kier molecular flexibility index (Phi) is 2.62. The van der Waals surface area contributed by atoms with E-state index in [0.717, 1.165) is 0 Å². The van der Waals surface area contributed by atoms with Gasteiger partial charge < -0.3 is 4.74 Å². The highest BCUT2D eigenvalue weighted by Gasteiger charge is 2.08. The van der Waals surface area contributed by atoms with Crippen LogP contribution in [-0.2, 0) is 6.54 Å². The number of aromatic nitrogens is 3. The van der Waals surface area contributed by atoms with Crippen LogP contribution in [0.4, 0.5) is 4.39 Å². The van der Waals surface area contributed by atoms with Gasteiger partial charge in [-0.1, -0.05) is 12.1 Å². The lowest BCUT2D eigenvalue weighted by molar-refractivity contribution is 0.383. The van der Waals surface area contributed by atoms with Gasteiger partial charge in [-0.2, -0.15) is 5.10 Å². The molecule has 1 aromatic carbocycles. The Hall–Kier alpha value is -1.91. The van der Waals surface area contributed by atoms with Crippen LogP contribution in [0.15, 0.2) is 30.9 Å². The first kappa shape index (κ1) is 9.64. The van der Waals surface area contributed by atoms with Crippen molar-refractivity contribution in [3.63, 3.8) is 0 Å². The summed E-state index contributed by atoms with van der Waals surface area (Å²) >= 11 is 0. The number of hydrogen-bond donors (Lipinski definition) is 0. The topological polar surface area (TPSA) is 39.9 Å². The molecular formula is C10H10FN3O. The molecule has 0 N–H and O–H groups in total. The predicted molar refractivity (Wildman–Crippen MR) is 52.1 cm³/mol. The highest BCUT2D eigenvalue weighted by molar-refractivity contribution is 5.31. The summed E-state index contributed by atoms with van der Waals surface area (Å²) in [5.41, 5.74) is 0.528. The molecule has 5 heteroatoms. The van der Waals surface area contributed by atoms with E-state index in [2.05, 4.69) is 10.1 Å². The number of nitrogens with zero attached hydrogens (tertiary/aromatic N) is 3. The van der Waals surface area contributed by atoms with E-state index in [1.54, 1.807) is 29.2 Å². The summed E-state index contributed by atoms with van der Waals surface area (Å²) in [6.45, 7) is 0.350. The fourth-order valence-electron chi connectivity index (χ4n) is 1.32. The van der Waals surface area contributed by atoms with Gasteiger partial charge >= 0.3 is 0 Å². The SMILES string of the molecule is COc1cccc(Cn2cncn2)c1F. The minimum atomic E-state index is -0.351. The molecule has 2 rings (SSSR count). The minimum absolute atomic E-state index is 0.243. The predicted octanol–water partition coefficient (Wildman–Crippen LogP) is 1.47. The summed E-state index contributed by atoms with van der Waals surface area (Å²) < 4.78 is 20.1. The van der Waals surface area contributed by atoms with Gasteiger partial charge in [0.15, 0.2) is 11.6 Å². The molecule has 4 nitrogen and oxygen atoms in total. The summed E-state index contributed by atoms with van der Waals surface area (Å²) in [6, 6.07) is 5.02. The van der Waals surface area contributed by atoms with Crippen LogP contribution in [0.3, 0.4) is 0 Å². The summed E-state index contributed by atoms with van der Waals surface area (Å²) in [7, 11) is 1.44. The molecule has 0 aliphatic rings. The molecule has 0 atom stereocenters. The maximum Gasteiger partial charge on any atom is 0.170 e. The van der Waals surface area contributed by atoms with E-state index in [4.69, 9.17) is 4.74 Å². The van der Waals surface area contributed by atoms with Crippen LogP contribution in [-0.4, -0.2) is 21.9 Å². The molecule has 1 heterocycles. The van der Waals surface area contributed by atoms with Crippen LogP contribution in [0.1, 0.15) is 5.56 Å². The third-order valence-corrected chi connectivity index (χ3v) is 2.06. The van der Waals surface area contributed by atoms with Crippen molar-refractivity contribution in [1.82, 2.24) is 14.8 Å². The zero-order chi connectivity index (χ0) is 10.7. The summed E-state index contributed by atoms with van der Waals surface area (Å²) in [4.78, 5) is 3.79. The first-order valence-corrected chi connectivity index (χ1v) is 4.45. The van der Waals surface area contributed by atoms with Crippen LogP contribution in [0.5, 0.6) is 5.75 Å². The Balaban J connectivity index is 2.29. The van der Waals surface area contributed by atoms with E-state index in [9.17, 15) is 4.39 Å². The lowest BCUT2D eigenvalue weighted by atomic mass is 10.2. The van der Waals surface area contributed by atoms with E-state index >= 15 is 0 Å². The average molecular weight is 207 g/mol. The maximum absolute atomic E-state index is 13.7. The third-order valence-electron chi connectivity index (χ3n) is 2.06. The van der Waals surface area contributed by atoms with Crippen LogP contribution in [0.25, 0.3) is 0 Å². The van der Waals surface area contributed by atoms with Gasteiger partial charge in [-0.3, -0.25) is 0 Å². The second kappa shape index (κ2) is 4.08. The minimum Gasteiger partial charge on any atom is -0.494 e. The number of benzene rings is 1. The van der Waals surface area contributed by atoms with Gasteiger partial charge in [-0.05, 0) is 6.07 Å². The normalized spacial score (nSPS) is 10.3. The van der Waals surface area contributed by atoms with Gasteiger partial charge in [0, 0.05) is 5.56 Å². The molecule has 0 saturated carbocycles. The standard InChI is InChI=1S/C10H10FN3O/c1-15-9-4-2-3-8(10(9)11)5-14-7-12-6-13-14/h2-4,6-7H,5H2,1H3. The molecule has 1 aromatic heterocycles. The molecule has 0 unspecified atom stereocenters. The van der Waals surface area contributed by atoms with Gasteiger partial charge in [-0.25, -0.2) is 14.1 Å². The van der Waals surface area contributed by atoms with Crippen LogP contribution >= 0.6 is 0 Å². The highest BCUT2D eigenvalue weighted by atomic mass is 19.1. The number of hydrogen-bond acceptors (Lipinski definition) is 3. The maximum atomic E-state index is 13.7. The fraction of sp³-hybridized carbons (Fsp3) is 0.200. The third kappa shape index (κ3) is 1.96. The number of methoxy groups -OCH3 is 1. The molecule has 0 bridgehead atoms. The first-order chi connectivity index (χ1) is 7.31. The number of ether oxygens (including phenoxy) is 1. The van der Waals surface area contributed by atoms with Crippen molar-refractivity contribution in [3.05, 3.63) is 42.2 Å². The van der Waals surface area contributed by atoms with Crippen molar-refractivity contribution in [3.8, 4) is 5.75 Å². The van der Waals surface area contributed by atoms with Crippen LogP contribution < -0.4 is 4.74 Å². The Bertz CT molecular complexity index is 442. The summed E-state index contributed by atoms with van der Waals surface area (Å²) in [5.74, 6) is -0.108. The molecule has 15 heavy (non-hydrogen) atoms. The zero-order valence-corrected chi connectivity index (χ0v) is 8.22. The fourth-order valence-corrected chi connectivity index (χ4v) is 1.32. The number of rotatable bonds is 3. The van der Waals surface area contributed by atoms with Crippen molar-refractivity contribution >= 4 is 0 Å². The molecular weight excluding hydrogens is 197 g/mol. The van der Waals surface area contributed by atoms with Crippen LogP contribution in [0.2, 0.25) is 0 Å². The van der Waals surface area contributed by atoms with Crippen molar-refractivity contribution in [2.24, 2.45) is 0 Å². The van der Waals surface area contributed by atoms with Gasteiger partial charge in [-0.15, -0.1) is 0 Å². The summed E-state index contributed by atoms with van der Waals surface area (Å²) in [5, 5.41) is 3.91. The van der Waals surface area contributed by atoms with E-state index in [0.29, 0.717) is 12.1 Å². The number of halogens is 1. The van der Waals surface area contributed by atoms with Crippen molar-refractivity contribution in [2.45, 2.75) is 6.54 Å². The van der Waals surface area contributed by atoms with Crippen molar-refractivity contribution in [1.29, 1.82) is 0 Å². The first-order valence-electron chi connectivity index (χ1n) is 4.45. The highest BCUT2D eigenvalue weighted by Crippen LogP contribution is 2.20. The van der Waals surface area contributed by atoms with Crippen molar-refractivity contribution in [2.75, 3.05) is 7.11 Å². The molecule has 2 aromatic rings. The Morgan fingerprint density at radius 3 is 3.00 bits per heavy atom. The van der Waals surface area contributed by atoms with E-state index in [1.807, 2.05) is 0 Å². The van der Waals surface area contributed by atoms with Gasteiger partial charge in [0.05, 0.1) is 13.7 Å². The van der Waals surface area contributed by atoms with E-state index < -0.39 is 0 Å². The molecule has 0 spiro atoms. The van der Waals surface area contributed by atoms with Gasteiger partial charge in [0.25, 0.3) is 0 Å². The quantitative estimate of drug-likeness (QED) is 0.765. The molecule has 0 aliphatic carbocycles. The van der Waals surface area contributed by atoms with Gasteiger partial charge in [0.1, 0.15) is 12.7 Å². The largest absolute Gasteiger partial charge is 0.494 e. The second-order valence-electron chi connectivity index (χ2n) is 3.03. The molecule has 0 aliphatic heterocycles. The molecule has 0 radical (unpaired) electrons. The smallest absolute Gasteiger partial charge is 0.170 e. The average Bonchev–Trinajstić information content (AvgIpc) is 2.74. The zero-order valence-electron chi connectivity index (χ0n) is 8.22. The Morgan fingerprint density at radius 2 is 2.33 bits per heavy atom. The molecule has 0 fully saturated rings.